The number of guanidine groups is 1. The molecule has 5 nitrogen and oxygen atoms in total. The Kier molecular flexibility index (Phi) is 9.99. The van der Waals surface area contributed by atoms with Crippen LogP contribution in [0, 0.1) is 0 Å². The van der Waals surface area contributed by atoms with Crippen molar-refractivity contribution < 1.29 is 17.9 Å². The van der Waals surface area contributed by atoms with E-state index in [1.165, 1.54) is 12.1 Å². The molecule has 0 amide bonds. The predicted octanol–water partition coefficient (Wildman–Crippen LogP) is 3.76. The molecule has 0 saturated carbocycles. The molecule has 2 N–H and O–H groups in total. The lowest BCUT2D eigenvalue weighted by Crippen LogP contribution is -2.42. The monoisotopic (exact) mass is 388 g/mol. The second-order valence-corrected chi connectivity index (χ2v) is 6.30. The van der Waals surface area contributed by atoms with Crippen molar-refractivity contribution in [2.45, 2.75) is 52.6 Å². The number of hydrogen-bond acceptors (Lipinski definition) is 3. The van der Waals surface area contributed by atoms with Crippen LogP contribution in [0.4, 0.5) is 13.2 Å². The normalized spacial score (nSPS) is 13.6. The molecule has 0 aliphatic heterocycles. The Hall–Kier alpha value is -1.96. The minimum absolute atomic E-state index is 0.179. The summed E-state index contributed by atoms with van der Waals surface area (Å²) in [7, 11) is 1.63. The molecule has 0 fully saturated rings. The van der Waals surface area contributed by atoms with Crippen LogP contribution >= 0.6 is 0 Å². The highest BCUT2D eigenvalue weighted by atomic mass is 19.4. The number of ether oxygens (including phenoxy) is 1. The summed E-state index contributed by atoms with van der Waals surface area (Å²) in [6, 6.07) is 6.28. The highest BCUT2D eigenvalue weighted by Crippen LogP contribution is 2.26. The molecule has 0 aromatic heterocycles. The molecule has 0 aliphatic rings. The maximum absolute atomic E-state index is 12.5. The number of alkyl halides is 3. The van der Waals surface area contributed by atoms with E-state index >= 15 is 0 Å². The third kappa shape index (κ3) is 9.51. The van der Waals surface area contributed by atoms with Crippen LogP contribution in [0.2, 0.25) is 0 Å². The molecule has 27 heavy (non-hydrogen) atoms. The lowest BCUT2D eigenvalue weighted by atomic mass is 10.1. The van der Waals surface area contributed by atoms with Gasteiger partial charge in [-0.15, -0.1) is 13.2 Å². The zero-order valence-electron chi connectivity index (χ0n) is 16.6. The first-order chi connectivity index (χ1) is 12.8. The number of hydrogen-bond donors (Lipinski definition) is 2. The van der Waals surface area contributed by atoms with Crippen LogP contribution in [0.25, 0.3) is 0 Å². The summed E-state index contributed by atoms with van der Waals surface area (Å²) < 4.78 is 41.6. The topological polar surface area (TPSA) is 48.9 Å². The Morgan fingerprint density at radius 1 is 1.22 bits per heavy atom. The van der Waals surface area contributed by atoms with Gasteiger partial charge >= 0.3 is 6.36 Å². The Bertz CT molecular complexity index is 574. The van der Waals surface area contributed by atoms with E-state index in [-0.39, 0.29) is 18.3 Å². The van der Waals surface area contributed by atoms with Gasteiger partial charge in [-0.3, -0.25) is 4.99 Å². The number of benzene rings is 1. The van der Waals surface area contributed by atoms with E-state index < -0.39 is 6.36 Å². The Balaban J connectivity index is 2.51. The molecule has 8 heteroatoms. The fourth-order valence-corrected chi connectivity index (χ4v) is 2.71. The van der Waals surface area contributed by atoms with Crippen LogP contribution in [0.15, 0.2) is 29.3 Å². The Morgan fingerprint density at radius 3 is 2.48 bits per heavy atom. The molecule has 0 spiro atoms. The number of nitrogens with zero attached hydrogens (tertiary/aromatic N) is 2. The standard InChI is InChI=1S/C19H31F3N4O/c1-5-26(6-2)13-9-10-15(3)25-18(23-4)24-14-16-11-7-8-12-17(16)27-19(20,21)22/h7-8,11-12,15H,5-6,9-10,13-14H2,1-4H3,(H2,23,24,25). The van der Waals surface area contributed by atoms with Crippen LogP contribution in [0.3, 0.4) is 0 Å². The van der Waals surface area contributed by atoms with Gasteiger partial charge in [0.2, 0.25) is 0 Å². The van der Waals surface area contributed by atoms with Gasteiger partial charge in [0.1, 0.15) is 5.75 Å². The van der Waals surface area contributed by atoms with Crippen molar-refractivity contribution in [2.75, 3.05) is 26.7 Å². The van der Waals surface area contributed by atoms with Gasteiger partial charge in [0, 0.05) is 25.2 Å². The average Bonchev–Trinajstić information content (AvgIpc) is 2.62. The summed E-state index contributed by atoms with van der Waals surface area (Å²) >= 11 is 0. The third-order valence-corrected chi connectivity index (χ3v) is 4.26. The Morgan fingerprint density at radius 2 is 1.89 bits per heavy atom. The summed E-state index contributed by atoms with van der Waals surface area (Å²) in [4.78, 5) is 6.52. The largest absolute Gasteiger partial charge is 0.573 e. The van der Waals surface area contributed by atoms with Crippen molar-refractivity contribution in [3.05, 3.63) is 29.8 Å². The minimum Gasteiger partial charge on any atom is -0.405 e. The van der Waals surface area contributed by atoms with Gasteiger partial charge < -0.3 is 20.3 Å². The molecule has 1 atom stereocenters. The molecule has 0 radical (unpaired) electrons. The summed E-state index contributed by atoms with van der Waals surface area (Å²) in [6.45, 7) is 9.68. The molecule has 1 unspecified atom stereocenters. The number of nitrogens with one attached hydrogen (secondary N) is 2. The molecule has 1 rings (SSSR count). The molecule has 0 saturated heterocycles. The first kappa shape index (κ1) is 23.1. The zero-order chi connectivity index (χ0) is 20.3. The third-order valence-electron chi connectivity index (χ3n) is 4.26. The van der Waals surface area contributed by atoms with Crippen LogP contribution in [-0.4, -0.2) is 49.9 Å². The van der Waals surface area contributed by atoms with Gasteiger partial charge in [-0.2, -0.15) is 0 Å². The van der Waals surface area contributed by atoms with Gasteiger partial charge in [-0.05, 0) is 45.5 Å². The smallest absolute Gasteiger partial charge is 0.405 e. The first-order valence-corrected chi connectivity index (χ1v) is 9.32. The van der Waals surface area contributed by atoms with Crippen molar-refractivity contribution in [3.8, 4) is 5.75 Å². The highest BCUT2D eigenvalue weighted by molar-refractivity contribution is 5.79. The van der Waals surface area contributed by atoms with Crippen molar-refractivity contribution in [1.82, 2.24) is 15.5 Å². The molecule has 1 aromatic rings. The predicted molar refractivity (Wildman–Crippen MR) is 103 cm³/mol. The van der Waals surface area contributed by atoms with E-state index in [9.17, 15) is 13.2 Å². The van der Waals surface area contributed by atoms with E-state index in [0.717, 1.165) is 32.5 Å². The summed E-state index contributed by atoms with van der Waals surface area (Å²) in [6.07, 6.45) is -2.67. The van der Waals surface area contributed by atoms with Crippen LogP contribution in [0.5, 0.6) is 5.75 Å². The SMILES string of the molecule is CCN(CC)CCCC(C)NC(=NC)NCc1ccccc1OC(F)(F)F. The molecule has 0 bridgehead atoms. The fraction of sp³-hybridized carbons (Fsp3) is 0.632. The second kappa shape index (κ2) is 11.7. The lowest BCUT2D eigenvalue weighted by Gasteiger charge is -2.21. The number of para-hydroxylation sites is 1. The van der Waals surface area contributed by atoms with Gasteiger partial charge in [0.25, 0.3) is 0 Å². The summed E-state index contributed by atoms with van der Waals surface area (Å²) in [5.74, 6) is 0.340. The van der Waals surface area contributed by atoms with E-state index in [4.69, 9.17) is 0 Å². The highest BCUT2D eigenvalue weighted by Gasteiger charge is 2.31. The number of rotatable bonds is 10. The zero-order valence-corrected chi connectivity index (χ0v) is 16.6. The van der Waals surface area contributed by atoms with E-state index in [1.54, 1.807) is 19.2 Å². The first-order valence-electron chi connectivity index (χ1n) is 9.32. The van der Waals surface area contributed by atoms with Gasteiger partial charge in [-0.25, -0.2) is 0 Å². The second-order valence-electron chi connectivity index (χ2n) is 6.30. The van der Waals surface area contributed by atoms with E-state index in [1.807, 2.05) is 0 Å². The van der Waals surface area contributed by atoms with Crippen LogP contribution < -0.4 is 15.4 Å². The molecular formula is C19H31F3N4O. The van der Waals surface area contributed by atoms with Crippen LogP contribution in [-0.2, 0) is 6.54 Å². The van der Waals surface area contributed by atoms with Crippen molar-refractivity contribution in [2.24, 2.45) is 4.99 Å². The Labute approximate surface area is 160 Å². The van der Waals surface area contributed by atoms with Crippen molar-refractivity contribution in [3.63, 3.8) is 0 Å². The number of halogens is 3. The quantitative estimate of drug-likeness (QED) is 0.473. The maximum atomic E-state index is 12.5. The van der Waals surface area contributed by atoms with Crippen molar-refractivity contribution in [1.29, 1.82) is 0 Å². The molecule has 154 valence electrons. The van der Waals surface area contributed by atoms with Gasteiger partial charge in [-0.1, -0.05) is 32.0 Å². The van der Waals surface area contributed by atoms with Crippen LogP contribution in [0.1, 0.15) is 39.2 Å². The fourth-order valence-electron chi connectivity index (χ4n) is 2.71. The summed E-state index contributed by atoms with van der Waals surface area (Å²) in [5, 5.41) is 6.32. The van der Waals surface area contributed by atoms with Gasteiger partial charge in [0.05, 0.1) is 0 Å². The molecule has 0 heterocycles. The molecule has 0 aliphatic carbocycles. The maximum Gasteiger partial charge on any atom is 0.573 e. The average molecular weight is 388 g/mol. The summed E-state index contributed by atoms with van der Waals surface area (Å²) in [5.41, 5.74) is 0.409. The molecular weight excluding hydrogens is 357 g/mol. The molecule has 1 aromatic carbocycles. The number of aliphatic imine (C=N–C) groups is 1. The van der Waals surface area contributed by atoms with Gasteiger partial charge in [0.15, 0.2) is 5.96 Å². The van der Waals surface area contributed by atoms with Crippen molar-refractivity contribution >= 4 is 5.96 Å². The van der Waals surface area contributed by atoms with E-state index in [2.05, 4.69) is 46.0 Å². The van der Waals surface area contributed by atoms with E-state index in [0.29, 0.717) is 11.5 Å². The lowest BCUT2D eigenvalue weighted by molar-refractivity contribution is -0.274. The minimum atomic E-state index is -4.71.